The van der Waals surface area contributed by atoms with Crippen LogP contribution in [-0.4, -0.2) is 17.7 Å². The summed E-state index contributed by atoms with van der Waals surface area (Å²) in [6.07, 6.45) is 13.8. The van der Waals surface area contributed by atoms with Gasteiger partial charge in [0.2, 0.25) is 0 Å². The summed E-state index contributed by atoms with van der Waals surface area (Å²) in [4.78, 5) is 0. The Morgan fingerprint density at radius 1 is 1.11 bits per heavy atom. The first-order chi connectivity index (χ1) is 8.93. The third kappa shape index (κ3) is 2.77. The molecule has 1 aromatic rings. The second-order valence-corrected chi connectivity index (χ2v) is 5.89. The summed E-state index contributed by atoms with van der Waals surface area (Å²) in [7, 11) is 0. The van der Waals surface area contributed by atoms with Gasteiger partial charge in [-0.25, -0.2) is 0 Å². The van der Waals surface area contributed by atoms with Crippen molar-refractivity contribution < 1.29 is 4.52 Å². The van der Waals surface area contributed by atoms with Gasteiger partial charge in [-0.3, -0.25) is 0 Å². The zero-order valence-electron chi connectivity index (χ0n) is 11.2. The SMILES string of the molecule is c1noc(CC2CCCCN2)c1C1CCCCC1. The Labute approximate surface area is 109 Å². The highest BCUT2D eigenvalue weighted by Gasteiger charge is 2.23. The molecule has 1 aliphatic heterocycles. The Balaban J connectivity index is 1.66. The number of nitrogens with one attached hydrogen (secondary N) is 1. The van der Waals surface area contributed by atoms with Crippen LogP contribution in [0.2, 0.25) is 0 Å². The van der Waals surface area contributed by atoms with E-state index in [4.69, 9.17) is 4.52 Å². The third-order valence-electron chi connectivity index (χ3n) is 4.57. The van der Waals surface area contributed by atoms with E-state index in [1.54, 1.807) is 0 Å². The van der Waals surface area contributed by atoms with E-state index in [9.17, 15) is 0 Å². The normalized spacial score (nSPS) is 26.3. The van der Waals surface area contributed by atoms with Crippen molar-refractivity contribution in [3.8, 4) is 0 Å². The van der Waals surface area contributed by atoms with Crippen LogP contribution < -0.4 is 5.32 Å². The summed E-state index contributed by atoms with van der Waals surface area (Å²) in [6, 6.07) is 0.606. The molecule has 3 heteroatoms. The third-order valence-corrected chi connectivity index (χ3v) is 4.57. The number of aromatic nitrogens is 1. The van der Waals surface area contributed by atoms with Gasteiger partial charge in [0.25, 0.3) is 0 Å². The zero-order valence-corrected chi connectivity index (χ0v) is 11.2. The summed E-state index contributed by atoms with van der Waals surface area (Å²) < 4.78 is 5.53. The molecule has 0 bridgehead atoms. The van der Waals surface area contributed by atoms with Crippen molar-refractivity contribution in [1.82, 2.24) is 10.5 Å². The molecule has 18 heavy (non-hydrogen) atoms. The topological polar surface area (TPSA) is 38.1 Å². The van der Waals surface area contributed by atoms with Gasteiger partial charge in [-0.2, -0.15) is 0 Å². The van der Waals surface area contributed by atoms with E-state index >= 15 is 0 Å². The van der Waals surface area contributed by atoms with Crippen LogP contribution in [0.3, 0.4) is 0 Å². The quantitative estimate of drug-likeness (QED) is 0.891. The van der Waals surface area contributed by atoms with E-state index in [2.05, 4.69) is 10.5 Å². The zero-order chi connectivity index (χ0) is 12.2. The summed E-state index contributed by atoms with van der Waals surface area (Å²) >= 11 is 0. The molecule has 1 saturated heterocycles. The van der Waals surface area contributed by atoms with E-state index in [-0.39, 0.29) is 0 Å². The molecule has 0 aromatic carbocycles. The molecule has 0 amide bonds. The van der Waals surface area contributed by atoms with Crippen LogP contribution in [0.5, 0.6) is 0 Å². The minimum Gasteiger partial charge on any atom is -0.361 e. The van der Waals surface area contributed by atoms with Crippen LogP contribution in [0.25, 0.3) is 0 Å². The summed E-state index contributed by atoms with van der Waals surface area (Å²) in [5, 5.41) is 7.66. The smallest absolute Gasteiger partial charge is 0.141 e. The second kappa shape index (κ2) is 5.87. The van der Waals surface area contributed by atoms with E-state index in [1.807, 2.05) is 6.20 Å². The molecule has 100 valence electrons. The first kappa shape index (κ1) is 12.2. The highest BCUT2D eigenvalue weighted by atomic mass is 16.5. The van der Waals surface area contributed by atoms with E-state index in [0.29, 0.717) is 12.0 Å². The Bertz CT molecular complexity index is 362. The van der Waals surface area contributed by atoms with E-state index in [0.717, 1.165) is 18.7 Å². The van der Waals surface area contributed by atoms with Gasteiger partial charge in [-0.05, 0) is 38.1 Å². The van der Waals surface area contributed by atoms with E-state index < -0.39 is 0 Å². The van der Waals surface area contributed by atoms with Crippen molar-refractivity contribution in [2.24, 2.45) is 0 Å². The van der Waals surface area contributed by atoms with Gasteiger partial charge in [0.1, 0.15) is 5.76 Å². The molecule has 3 rings (SSSR count). The van der Waals surface area contributed by atoms with Gasteiger partial charge in [-0.15, -0.1) is 0 Å². The molecule has 2 heterocycles. The lowest BCUT2D eigenvalue weighted by molar-refractivity contribution is 0.331. The van der Waals surface area contributed by atoms with Crippen LogP contribution in [0.15, 0.2) is 10.7 Å². The Kier molecular flexibility index (Phi) is 3.99. The standard InChI is InChI=1S/C15H24N2O/c1-2-6-12(7-3-1)14-11-17-18-15(14)10-13-8-4-5-9-16-13/h11-13,16H,1-10H2. The molecular weight excluding hydrogens is 224 g/mol. The maximum absolute atomic E-state index is 5.53. The maximum atomic E-state index is 5.53. The number of piperidine rings is 1. The Morgan fingerprint density at radius 3 is 2.72 bits per heavy atom. The van der Waals surface area contributed by atoms with Crippen LogP contribution in [-0.2, 0) is 6.42 Å². The summed E-state index contributed by atoms with van der Waals surface area (Å²) in [6.45, 7) is 1.16. The molecule has 1 aromatic heterocycles. The molecule has 1 unspecified atom stereocenters. The second-order valence-electron chi connectivity index (χ2n) is 5.89. The molecule has 1 saturated carbocycles. The summed E-state index contributed by atoms with van der Waals surface area (Å²) in [5.41, 5.74) is 1.40. The molecular formula is C15H24N2O. The Hall–Kier alpha value is -0.830. The number of hydrogen-bond acceptors (Lipinski definition) is 3. The van der Waals surface area contributed by atoms with Gasteiger partial charge < -0.3 is 9.84 Å². The fourth-order valence-electron chi connectivity index (χ4n) is 3.50. The lowest BCUT2D eigenvalue weighted by Crippen LogP contribution is -2.35. The van der Waals surface area contributed by atoms with Gasteiger partial charge in [0, 0.05) is 18.0 Å². The maximum Gasteiger partial charge on any atom is 0.141 e. The minimum atomic E-state index is 0.606. The number of hydrogen-bond donors (Lipinski definition) is 1. The van der Waals surface area contributed by atoms with Crippen molar-refractivity contribution in [1.29, 1.82) is 0 Å². The number of nitrogens with zero attached hydrogens (tertiary/aromatic N) is 1. The fourth-order valence-corrected chi connectivity index (χ4v) is 3.50. The highest BCUT2D eigenvalue weighted by molar-refractivity contribution is 5.20. The lowest BCUT2D eigenvalue weighted by atomic mass is 9.83. The van der Waals surface area contributed by atoms with Crippen molar-refractivity contribution in [2.75, 3.05) is 6.54 Å². The van der Waals surface area contributed by atoms with Gasteiger partial charge in [0.15, 0.2) is 0 Å². The monoisotopic (exact) mass is 248 g/mol. The molecule has 1 N–H and O–H groups in total. The molecule has 2 fully saturated rings. The van der Waals surface area contributed by atoms with Crippen LogP contribution in [0, 0.1) is 0 Å². The van der Waals surface area contributed by atoms with Gasteiger partial charge in [0.05, 0.1) is 6.20 Å². The van der Waals surface area contributed by atoms with Crippen molar-refractivity contribution in [3.63, 3.8) is 0 Å². The molecule has 3 nitrogen and oxygen atoms in total. The van der Waals surface area contributed by atoms with Gasteiger partial charge >= 0.3 is 0 Å². The van der Waals surface area contributed by atoms with Crippen molar-refractivity contribution in [2.45, 2.75) is 69.7 Å². The van der Waals surface area contributed by atoms with Crippen LogP contribution in [0.1, 0.15) is 68.6 Å². The van der Waals surface area contributed by atoms with Crippen molar-refractivity contribution in [3.05, 3.63) is 17.5 Å². The predicted octanol–water partition coefficient (Wildman–Crippen LogP) is 3.41. The Morgan fingerprint density at radius 2 is 1.94 bits per heavy atom. The molecule has 0 spiro atoms. The highest BCUT2D eigenvalue weighted by Crippen LogP contribution is 2.34. The largest absolute Gasteiger partial charge is 0.361 e. The minimum absolute atomic E-state index is 0.606. The predicted molar refractivity (Wildman–Crippen MR) is 71.7 cm³/mol. The van der Waals surface area contributed by atoms with Crippen molar-refractivity contribution >= 4 is 0 Å². The van der Waals surface area contributed by atoms with Crippen LogP contribution in [0.4, 0.5) is 0 Å². The average Bonchev–Trinajstić information content (AvgIpc) is 2.89. The first-order valence-corrected chi connectivity index (χ1v) is 7.60. The molecule has 1 atom stereocenters. The van der Waals surface area contributed by atoms with Gasteiger partial charge in [-0.1, -0.05) is 30.8 Å². The molecule has 2 aliphatic rings. The summed E-state index contributed by atoms with van der Waals surface area (Å²) in [5.74, 6) is 1.87. The average molecular weight is 248 g/mol. The fraction of sp³-hybridized carbons (Fsp3) is 0.800. The first-order valence-electron chi connectivity index (χ1n) is 7.60. The lowest BCUT2D eigenvalue weighted by Gasteiger charge is -2.24. The molecule has 0 radical (unpaired) electrons. The number of rotatable bonds is 3. The van der Waals surface area contributed by atoms with Crippen LogP contribution >= 0.6 is 0 Å². The molecule has 1 aliphatic carbocycles. The van der Waals surface area contributed by atoms with E-state index in [1.165, 1.54) is 56.9 Å².